The van der Waals surface area contributed by atoms with Crippen LogP contribution in [0.2, 0.25) is 0 Å². The van der Waals surface area contributed by atoms with Crippen molar-refractivity contribution >= 4 is 5.97 Å². The van der Waals surface area contributed by atoms with Gasteiger partial charge in [0.15, 0.2) is 0 Å². The second-order valence-corrected chi connectivity index (χ2v) is 5.53. The molecule has 0 aliphatic carbocycles. The van der Waals surface area contributed by atoms with Crippen molar-refractivity contribution in [1.29, 1.82) is 0 Å². The maximum absolute atomic E-state index is 11.4. The second-order valence-electron chi connectivity index (χ2n) is 5.53. The molecule has 0 saturated carbocycles. The standard InChI is InChI=1S/C11H22O5/c1-8(2)7-11(6,15-13)16-14-9(12)10(3,4)5/h8,13H,7H2,1-6H3. The van der Waals surface area contributed by atoms with E-state index >= 15 is 0 Å². The van der Waals surface area contributed by atoms with Crippen LogP contribution in [0.3, 0.4) is 0 Å². The predicted molar refractivity (Wildman–Crippen MR) is 58.2 cm³/mol. The first-order valence-electron chi connectivity index (χ1n) is 5.33. The van der Waals surface area contributed by atoms with Crippen molar-refractivity contribution in [2.75, 3.05) is 0 Å². The summed E-state index contributed by atoms with van der Waals surface area (Å²) in [6, 6.07) is 0. The Labute approximate surface area is 96.5 Å². The SMILES string of the molecule is CC(C)CC(C)(OO)OOC(=O)C(C)(C)C. The molecule has 0 aromatic rings. The van der Waals surface area contributed by atoms with E-state index in [2.05, 4.69) is 9.78 Å². The Bertz CT molecular complexity index is 231. The van der Waals surface area contributed by atoms with Crippen molar-refractivity contribution in [2.45, 2.75) is 53.8 Å². The van der Waals surface area contributed by atoms with Crippen LogP contribution in [-0.4, -0.2) is 17.0 Å². The van der Waals surface area contributed by atoms with Crippen molar-refractivity contribution in [3.05, 3.63) is 0 Å². The monoisotopic (exact) mass is 234 g/mol. The number of rotatable bonds is 5. The van der Waals surface area contributed by atoms with Crippen LogP contribution >= 0.6 is 0 Å². The Morgan fingerprint density at radius 2 is 1.75 bits per heavy atom. The van der Waals surface area contributed by atoms with E-state index in [-0.39, 0.29) is 5.92 Å². The van der Waals surface area contributed by atoms with Gasteiger partial charge in [0.25, 0.3) is 0 Å². The molecule has 5 nitrogen and oxygen atoms in total. The van der Waals surface area contributed by atoms with Crippen LogP contribution in [0.5, 0.6) is 0 Å². The average Bonchev–Trinajstić information content (AvgIpc) is 2.11. The topological polar surface area (TPSA) is 65.0 Å². The van der Waals surface area contributed by atoms with Gasteiger partial charge in [0.05, 0.1) is 5.41 Å². The summed E-state index contributed by atoms with van der Waals surface area (Å²) in [7, 11) is 0. The summed E-state index contributed by atoms with van der Waals surface area (Å²) in [4.78, 5) is 25.1. The van der Waals surface area contributed by atoms with Crippen molar-refractivity contribution < 1.29 is 24.7 Å². The molecule has 0 fully saturated rings. The molecule has 0 radical (unpaired) electrons. The number of hydrogen-bond acceptors (Lipinski definition) is 5. The third kappa shape index (κ3) is 5.44. The molecule has 1 N–H and O–H groups in total. The van der Waals surface area contributed by atoms with E-state index in [1.807, 2.05) is 13.8 Å². The summed E-state index contributed by atoms with van der Waals surface area (Å²) in [6.45, 7) is 10.5. The van der Waals surface area contributed by atoms with Gasteiger partial charge < -0.3 is 0 Å². The number of hydrogen-bond donors (Lipinski definition) is 1. The highest BCUT2D eigenvalue weighted by Crippen LogP contribution is 2.24. The molecule has 0 rings (SSSR count). The molecule has 0 aromatic heterocycles. The molecule has 96 valence electrons. The van der Waals surface area contributed by atoms with E-state index in [9.17, 15) is 4.79 Å². The van der Waals surface area contributed by atoms with Gasteiger partial charge in [-0.25, -0.2) is 10.1 Å². The first kappa shape index (κ1) is 15.3. The van der Waals surface area contributed by atoms with Gasteiger partial charge in [-0.15, -0.1) is 4.89 Å². The zero-order valence-corrected chi connectivity index (χ0v) is 10.9. The highest BCUT2D eigenvalue weighted by atomic mass is 17.3. The van der Waals surface area contributed by atoms with Crippen molar-refractivity contribution in [1.82, 2.24) is 0 Å². The van der Waals surface area contributed by atoms with Gasteiger partial charge in [0.1, 0.15) is 0 Å². The van der Waals surface area contributed by atoms with Crippen LogP contribution in [0.1, 0.15) is 48.0 Å². The Hall–Kier alpha value is -0.650. The number of carbonyl (C=O) groups excluding carboxylic acids is 1. The third-order valence-electron chi connectivity index (χ3n) is 1.88. The van der Waals surface area contributed by atoms with Crippen LogP contribution in [0.25, 0.3) is 0 Å². The molecule has 0 aromatic carbocycles. The third-order valence-corrected chi connectivity index (χ3v) is 1.88. The largest absolute Gasteiger partial charge is 0.347 e. The molecule has 0 heterocycles. The highest BCUT2D eigenvalue weighted by Gasteiger charge is 2.33. The van der Waals surface area contributed by atoms with Crippen LogP contribution in [0, 0.1) is 11.3 Å². The van der Waals surface area contributed by atoms with Crippen molar-refractivity contribution in [3.8, 4) is 0 Å². The Morgan fingerprint density at radius 1 is 1.25 bits per heavy atom. The minimum Gasteiger partial charge on any atom is -0.295 e. The Balaban J connectivity index is 4.30. The molecule has 0 bridgehead atoms. The van der Waals surface area contributed by atoms with E-state index in [1.54, 1.807) is 20.8 Å². The molecular weight excluding hydrogens is 212 g/mol. The lowest BCUT2D eigenvalue weighted by atomic mass is 9.98. The fourth-order valence-electron chi connectivity index (χ4n) is 1.08. The molecule has 0 aliphatic rings. The van der Waals surface area contributed by atoms with E-state index in [0.29, 0.717) is 6.42 Å². The molecular formula is C11H22O5. The maximum Gasteiger partial charge on any atom is 0.347 e. The van der Waals surface area contributed by atoms with Gasteiger partial charge in [-0.05, 0) is 33.6 Å². The minimum absolute atomic E-state index is 0.227. The summed E-state index contributed by atoms with van der Waals surface area (Å²) in [5.41, 5.74) is -0.659. The molecule has 1 unspecified atom stereocenters. The zero-order valence-electron chi connectivity index (χ0n) is 10.9. The van der Waals surface area contributed by atoms with E-state index in [1.165, 1.54) is 6.92 Å². The van der Waals surface area contributed by atoms with Gasteiger partial charge >= 0.3 is 5.97 Å². The first-order chi connectivity index (χ1) is 7.10. The molecule has 5 heteroatoms. The van der Waals surface area contributed by atoms with Crippen molar-refractivity contribution in [2.24, 2.45) is 11.3 Å². The van der Waals surface area contributed by atoms with Crippen LogP contribution in [0.15, 0.2) is 0 Å². The summed E-state index contributed by atoms with van der Waals surface area (Å²) in [5, 5.41) is 8.73. The summed E-state index contributed by atoms with van der Waals surface area (Å²) in [5.74, 6) is -1.61. The van der Waals surface area contributed by atoms with E-state index in [4.69, 9.17) is 10.1 Å². The quantitative estimate of drug-likeness (QED) is 0.450. The van der Waals surface area contributed by atoms with Gasteiger partial charge in [0, 0.05) is 6.42 Å². The summed E-state index contributed by atoms with van der Waals surface area (Å²) >= 11 is 0. The molecule has 1 atom stereocenters. The number of carbonyl (C=O) groups is 1. The molecule has 0 spiro atoms. The van der Waals surface area contributed by atoms with Gasteiger partial charge in [-0.2, -0.15) is 4.89 Å². The minimum atomic E-state index is -1.32. The van der Waals surface area contributed by atoms with E-state index in [0.717, 1.165) is 0 Å². The van der Waals surface area contributed by atoms with Gasteiger partial charge in [0.2, 0.25) is 5.79 Å². The smallest absolute Gasteiger partial charge is 0.295 e. The van der Waals surface area contributed by atoms with Gasteiger partial charge in [-0.1, -0.05) is 13.8 Å². The van der Waals surface area contributed by atoms with Crippen LogP contribution in [-0.2, 0) is 19.5 Å². The lowest BCUT2D eigenvalue weighted by Crippen LogP contribution is -2.36. The molecule has 0 amide bonds. The van der Waals surface area contributed by atoms with Crippen LogP contribution in [0.4, 0.5) is 0 Å². The van der Waals surface area contributed by atoms with Crippen LogP contribution < -0.4 is 0 Å². The maximum atomic E-state index is 11.4. The zero-order chi connectivity index (χ0) is 13.0. The Kier molecular flexibility index (Phi) is 5.38. The second kappa shape index (κ2) is 5.61. The lowest BCUT2D eigenvalue weighted by Gasteiger charge is -2.26. The fraction of sp³-hybridized carbons (Fsp3) is 0.909. The molecule has 0 aliphatic heterocycles. The molecule has 16 heavy (non-hydrogen) atoms. The fourth-order valence-corrected chi connectivity index (χ4v) is 1.08. The predicted octanol–water partition coefficient (Wildman–Crippen LogP) is 2.76. The molecule has 0 saturated heterocycles. The highest BCUT2D eigenvalue weighted by molar-refractivity contribution is 5.74. The first-order valence-corrected chi connectivity index (χ1v) is 5.33. The Morgan fingerprint density at radius 3 is 2.06 bits per heavy atom. The van der Waals surface area contributed by atoms with Crippen molar-refractivity contribution in [3.63, 3.8) is 0 Å². The van der Waals surface area contributed by atoms with Gasteiger partial charge in [-0.3, -0.25) is 4.89 Å². The lowest BCUT2D eigenvalue weighted by molar-refractivity contribution is -0.482. The summed E-state index contributed by atoms with van der Waals surface area (Å²) in [6.07, 6.45) is 0.404. The van der Waals surface area contributed by atoms with E-state index < -0.39 is 17.2 Å². The average molecular weight is 234 g/mol. The summed E-state index contributed by atoms with van der Waals surface area (Å²) < 4.78 is 0. The normalized spacial score (nSPS) is 16.0.